The van der Waals surface area contributed by atoms with Crippen molar-refractivity contribution in [3.05, 3.63) is 48.2 Å². The first kappa shape index (κ1) is 15.8. The van der Waals surface area contributed by atoms with Crippen molar-refractivity contribution >= 4 is 15.8 Å². The predicted octanol–water partition coefficient (Wildman–Crippen LogP) is 1.44. The highest BCUT2D eigenvalue weighted by molar-refractivity contribution is 7.89. The maximum absolute atomic E-state index is 13.8. The maximum atomic E-state index is 13.8. The van der Waals surface area contributed by atoms with Gasteiger partial charge in [-0.15, -0.1) is 0 Å². The number of sulfonamides is 1. The van der Waals surface area contributed by atoms with Crippen LogP contribution in [0.25, 0.3) is 0 Å². The summed E-state index contributed by atoms with van der Waals surface area (Å²) in [6.45, 7) is 3.51. The van der Waals surface area contributed by atoms with Crippen LogP contribution in [0.4, 0.5) is 10.2 Å². The van der Waals surface area contributed by atoms with Crippen LogP contribution >= 0.6 is 0 Å². The Bertz CT molecular complexity index is 805. The standard InChI is InChI=1S/C15H17FN4O2S/c1-12-10-17-11-18-15(12)19-6-8-20(9-7-19)23(21,22)14-5-3-2-4-13(14)16/h2-5,10-11H,6-9H2,1H3. The molecule has 1 fully saturated rings. The maximum Gasteiger partial charge on any atom is 0.246 e. The summed E-state index contributed by atoms with van der Waals surface area (Å²) in [6, 6.07) is 5.46. The molecule has 0 spiro atoms. The number of rotatable bonds is 3. The van der Waals surface area contributed by atoms with E-state index in [1.165, 1.54) is 28.8 Å². The number of halogens is 1. The average Bonchev–Trinajstić information content (AvgIpc) is 2.56. The van der Waals surface area contributed by atoms with Gasteiger partial charge in [0.1, 0.15) is 22.9 Å². The number of anilines is 1. The van der Waals surface area contributed by atoms with Crippen molar-refractivity contribution in [2.45, 2.75) is 11.8 Å². The lowest BCUT2D eigenvalue weighted by molar-refractivity contribution is 0.381. The average molecular weight is 336 g/mol. The zero-order valence-electron chi connectivity index (χ0n) is 12.7. The van der Waals surface area contributed by atoms with Gasteiger partial charge in [-0.3, -0.25) is 0 Å². The van der Waals surface area contributed by atoms with Gasteiger partial charge >= 0.3 is 0 Å². The molecule has 8 heteroatoms. The van der Waals surface area contributed by atoms with E-state index in [-0.39, 0.29) is 4.90 Å². The highest BCUT2D eigenvalue weighted by Crippen LogP contribution is 2.22. The molecule has 0 unspecified atom stereocenters. The van der Waals surface area contributed by atoms with E-state index < -0.39 is 15.8 Å². The summed E-state index contributed by atoms with van der Waals surface area (Å²) >= 11 is 0. The van der Waals surface area contributed by atoms with E-state index in [1.807, 2.05) is 11.8 Å². The molecule has 2 heterocycles. The molecule has 6 nitrogen and oxygen atoms in total. The van der Waals surface area contributed by atoms with Crippen molar-refractivity contribution in [1.29, 1.82) is 0 Å². The van der Waals surface area contributed by atoms with Crippen LogP contribution in [0.15, 0.2) is 41.7 Å². The summed E-state index contributed by atoms with van der Waals surface area (Å²) in [4.78, 5) is 9.95. The molecule has 23 heavy (non-hydrogen) atoms. The second-order valence-corrected chi connectivity index (χ2v) is 7.26. The minimum atomic E-state index is -3.81. The first-order valence-corrected chi connectivity index (χ1v) is 8.70. The fraction of sp³-hybridized carbons (Fsp3) is 0.333. The summed E-state index contributed by atoms with van der Waals surface area (Å²) < 4.78 is 40.2. The molecule has 122 valence electrons. The van der Waals surface area contributed by atoms with Crippen LogP contribution in [0.5, 0.6) is 0 Å². The molecule has 1 aromatic heterocycles. The fourth-order valence-corrected chi connectivity index (χ4v) is 4.14. The first-order valence-electron chi connectivity index (χ1n) is 7.26. The van der Waals surface area contributed by atoms with Gasteiger partial charge in [-0.25, -0.2) is 22.8 Å². The Balaban J connectivity index is 1.77. The Labute approximate surface area is 134 Å². The molecule has 1 aliphatic heterocycles. The molecular weight excluding hydrogens is 319 g/mol. The normalized spacial score (nSPS) is 16.5. The van der Waals surface area contributed by atoms with Crippen LogP contribution in [0.3, 0.4) is 0 Å². The van der Waals surface area contributed by atoms with E-state index in [0.717, 1.165) is 17.4 Å². The Hall–Kier alpha value is -2.06. The third kappa shape index (κ3) is 3.04. The van der Waals surface area contributed by atoms with Crippen LogP contribution in [-0.4, -0.2) is 48.9 Å². The van der Waals surface area contributed by atoms with E-state index >= 15 is 0 Å². The van der Waals surface area contributed by atoms with Gasteiger partial charge in [0.2, 0.25) is 10.0 Å². The molecule has 1 aromatic carbocycles. The van der Waals surface area contributed by atoms with Crippen molar-refractivity contribution in [2.75, 3.05) is 31.1 Å². The van der Waals surface area contributed by atoms with Gasteiger partial charge in [0.05, 0.1) is 0 Å². The molecule has 0 amide bonds. The second-order valence-electron chi connectivity index (χ2n) is 5.35. The van der Waals surface area contributed by atoms with Gasteiger partial charge in [-0.1, -0.05) is 12.1 Å². The molecular formula is C15H17FN4O2S. The number of nitrogens with zero attached hydrogens (tertiary/aromatic N) is 4. The SMILES string of the molecule is Cc1cncnc1N1CCN(S(=O)(=O)c2ccccc2F)CC1. The zero-order chi connectivity index (χ0) is 16.4. The topological polar surface area (TPSA) is 66.4 Å². The monoisotopic (exact) mass is 336 g/mol. The number of benzene rings is 1. The van der Waals surface area contributed by atoms with E-state index in [4.69, 9.17) is 0 Å². The van der Waals surface area contributed by atoms with E-state index in [1.54, 1.807) is 6.20 Å². The van der Waals surface area contributed by atoms with Gasteiger partial charge in [0, 0.05) is 37.9 Å². The fourth-order valence-electron chi connectivity index (χ4n) is 2.66. The molecule has 0 aliphatic carbocycles. The van der Waals surface area contributed by atoms with Crippen molar-refractivity contribution in [2.24, 2.45) is 0 Å². The lowest BCUT2D eigenvalue weighted by Gasteiger charge is -2.35. The number of hydrogen-bond acceptors (Lipinski definition) is 5. The zero-order valence-corrected chi connectivity index (χ0v) is 13.5. The van der Waals surface area contributed by atoms with Crippen molar-refractivity contribution in [3.63, 3.8) is 0 Å². The van der Waals surface area contributed by atoms with Gasteiger partial charge in [-0.2, -0.15) is 4.31 Å². The molecule has 0 N–H and O–H groups in total. The third-order valence-electron chi connectivity index (χ3n) is 3.86. The Morgan fingerprint density at radius 3 is 2.48 bits per heavy atom. The molecule has 0 bridgehead atoms. The quantitative estimate of drug-likeness (QED) is 0.848. The second kappa shape index (κ2) is 6.21. The van der Waals surface area contributed by atoms with Crippen LogP contribution in [0.2, 0.25) is 0 Å². The minimum absolute atomic E-state index is 0.272. The highest BCUT2D eigenvalue weighted by Gasteiger charge is 2.31. The molecule has 2 aromatic rings. The largest absolute Gasteiger partial charge is 0.354 e. The number of piperazine rings is 1. The number of hydrogen-bond donors (Lipinski definition) is 0. The van der Waals surface area contributed by atoms with Crippen molar-refractivity contribution in [3.8, 4) is 0 Å². The summed E-state index contributed by atoms with van der Waals surface area (Å²) in [5, 5.41) is 0. The van der Waals surface area contributed by atoms with E-state index in [9.17, 15) is 12.8 Å². The molecule has 0 atom stereocenters. The highest BCUT2D eigenvalue weighted by atomic mass is 32.2. The van der Waals surface area contributed by atoms with Crippen LogP contribution < -0.4 is 4.90 Å². The summed E-state index contributed by atoms with van der Waals surface area (Å²) in [5.74, 6) is 0.0875. The van der Waals surface area contributed by atoms with Gasteiger partial charge in [0.25, 0.3) is 0 Å². The molecule has 1 aliphatic rings. The van der Waals surface area contributed by atoms with Crippen molar-refractivity contribution < 1.29 is 12.8 Å². The summed E-state index contributed by atoms with van der Waals surface area (Å²) in [6.07, 6.45) is 3.20. The Morgan fingerprint density at radius 2 is 1.83 bits per heavy atom. The lowest BCUT2D eigenvalue weighted by Crippen LogP contribution is -2.49. The summed E-state index contributed by atoms with van der Waals surface area (Å²) in [7, 11) is -3.81. The van der Waals surface area contributed by atoms with Crippen LogP contribution in [-0.2, 0) is 10.0 Å². The molecule has 0 radical (unpaired) electrons. The summed E-state index contributed by atoms with van der Waals surface area (Å²) in [5.41, 5.74) is 0.943. The molecule has 3 rings (SSSR count). The van der Waals surface area contributed by atoms with E-state index in [0.29, 0.717) is 26.2 Å². The van der Waals surface area contributed by atoms with Gasteiger partial charge < -0.3 is 4.90 Å². The van der Waals surface area contributed by atoms with Crippen LogP contribution in [0, 0.1) is 12.7 Å². The van der Waals surface area contributed by atoms with E-state index in [2.05, 4.69) is 9.97 Å². The number of aromatic nitrogens is 2. The van der Waals surface area contributed by atoms with Crippen LogP contribution in [0.1, 0.15) is 5.56 Å². The Morgan fingerprint density at radius 1 is 1.13 bits per heavy atom. The Kier molecular flexibility index (Phi) is 4.27. The van der Waals surface area contributed by atoms with Gasteiger partial charge in [-0.05, 0) is 19.1 Å². The molecule has 1 saturated heterocycles. The van der Waals surface area contributed by atoms with Crippen molar-refractivity contribution in [1.82, 2.24) is 14.3 Å². The van der Waals surface area contributed by atoms with Gasteiger partial charge in [0.15, 0.2) is 0 Å². The minimum Gasteiger partial charge on any atom is -0.354 e. The lowest BCUT2D eigenvalue weighted by atomic mass is 10.3. The molecule has 0 saturated carbocycles. The first-order chi connectivity index (χ1) is 11.0. The smallest absolute Gasteiger partial charge is 0.246 e. The third-order valence-corrected chi connectivity index (χ3v) is 5.79. The number of aryl methyl sites for hydroxylation is 1. The predicted molar refractivity (Wildman–Crippen MR) is 84.1 cm³/mol.